The van der Waals surface area contributed by atoms with E-state index in [9.17, 15) is 9.59 Å². The Morgan fingerprint density at radius 2 is 1.71 bits per heavy atom. The summed E-state index contributed by atoms with van der Waals surface area (Å²) in [7, 11) is 3.11. The number of benzene rings is 2. The van der Waals surface area contributed by atoms with Crippen LogP contribution in [-0.4, -0.2) is 50.6 Å². The van der Waals surface area contributed by atoms with Crippen LogP contribution in [0.5, 0.6) is 11.5 Å². The summed E-state index contributed by atoms with van der Waals surface area (Å²) in [6.45, 7) is 6.65. The normalized spacial score (nSPS) is 16.9. The largest absolute Gasteiger partial charge is 0.493 e. The van der Waals surface area contributed by atoms with E-state index in [0.717, 1.165) is 17.5 Å². The van der Waals surface area contributed by atoms with Crippen LogP contribution in [0.3, 0.4) is 0 Å². The molecule has 3 rings (SSSR count). The van der Waals surface area contributed by atoms with Crippen molar-refractivity contribution in [3.63, 3.8) is 0 Å². The Bertz CT molecular complexity index is 981. The van der Waals surface area contributed by atoms with Crippen molar-refractivity contribution in [3.05, 3.63) is 53.6 Å². The second-order valence-corrected chi connectivity index (χ2v) is 8.16. The van der Waals surface area contributed by atoms with E-state index in [1.807, 2.05) is 50.2 Å². The number of hydrogen-bond donors (Lipinski definition) is 0. The van der Waals surface area contributed by atoms with E-state index in [1.54, 1.807) is 37.0 Å². The Balaban J connectivity index is 2.12. The highest BCUT2D eigenvalue weighted by atomic mass is 16.6. The Hall–Kier alpha value is -3.42. The minimum Gasteiger partial charge on any atom is -0.493 e. The SMILES string of the molecule is CCCOC(=O)N1c2cc(OC)c(OC)cc2[C@@H](N(Cc2ccccc2)C(=O)OCC)C[C@H]1C. The number of methoxy groups -OCH3 is 2. The Kier molecular flexibility index (Phi) is 8.62. The van der Waals surface area contributed by atoms with Gasteiger partial charge in [0, 0.05) is 24.2 Å². The number of ether oxygens (including phenoxy) is 4. The molecule has 1 aliphatic heterocycles. The van der Waals surface area contributed by atoms with Gasteiger partial charge in [-0.15, -0.1) is 0 Å². The summed E-state index contributed by atoms with van der Waals surface area (Å²) in [5.74, 6) is 1.01. The van der Waals surface area contributed by atoms with E-state index in [1.165, 1.54) is 0 Å². The average Bonchev–Trinajstić information content (AvgIpc) is 2.85. The van der Waals surface area contributed by atoms with Crippen molar-refractivity contribution < 1.29 is 28.5 Å². The zero-order valence-electron chi connectivity index (χ0n) is 20.6. The summed E-state index contributed by atoms with van der Waals surface area (Å²) in [5.41, 5.74) is 2.38. The lowest BCUT2D eigenvalue weighted by molar-refractivity contribution is 0.0808. The molecule has 34 heavy (non-hydrogen) atoms. The van der Waals surface area contributed by atoms with Crippen molar-refractivity contribution in [2.75, 3.05) is 32.3 Å². The smallest absolute Gasteiger partial charge is 0.414 e. The summed E-state index contributed by atoms with van der Waals surface area (Å²) in [6, 6.07) is 12.8. The quantitative estimate of drug-likeness (QED) is 0.503. The highest BCUT2D eigenvalue weighted by Crippen LogP contribution is 2.46. The summed E-state index contributed by atoms with van der Waals surface area (Å²) in [4.78, 5) is 29.5. The molecule has 0 radical (unpaired) electrons. The average molecular weight is 471 g/mol. The molecule has 0 aliphatic carbocycles. The molecule has 8 heteroatoms. The number of nitrogens with zero attached hydrogens (tertiary/aromatic N) is 2. The fraction of sp³-hybridized carbons (Fsp3) is 0.462. The lowest BCUT2D eigenvalue weighted by Gasteiger charge is -2.42. The monoisotopic (exact) mass is 470 g/mol. The molecule has 0 spiro atoms. The van der Waals surface area contributed by atoms with Crippen LogP contribution in [0.1, 0.15) is 50.8 Å². The standard InChI is InChI=1S/C26H34N2O6/c1-6-13-34-26(30)28-18(3)14-21(20-15-23(31-4)24(32-5)16-22(20)28)27(25(29)33-7-2)17-19-11-9-8-10-12-19/h8-12,15-16,18,21H,6-7,13-14,17H2,1-5H3/t18-,21+/m1/s1. The molecule has 0 unspecified atom stereocenters. The first-order chi connectivity index (χ1) is 16.4. The third-order valence-corrected chi connectivity index (χ3v) is 5.86. The van der Waals surface area contributed by atoms with Gasteiger partial charge in [-0.05, 0) is 38.3 Å². The number of rotatable bonds is 8. The van der Waals surface area contributed by atoms with Crippen LogP contribution in [0.15, 0.2) is 42.5 Å². The molecule has 0 bridgehead atoms. The van der Waals surface area contributed by atoms with Gasteiger partial charge in [0.2, 0.25) is 0 Å². The van der Waals surface area contributed by atoms with Gasteiger partial charge in [0.05, 0.1) is 39.2 Å². The molecular formula is C26H34N2O6. The summed E-state index contributed by atoms with van der Waals surface area (Å²) >= 11 is 0. The number of carbonyl (C=O) groups is 2. The van der Waals surface area contributed by atoms with E-state index >= 15 is 0 Å². The first-order valence-corrected chi connectivity index (χ1v) is 11.6. The van der Waals surface area contributed by atoms with Crippen LogP contribution in [0, 0.1) is 0 Å². The van der Waals surface area contributed by atoms with Crippen LogP contribution in [0.2, 0.25) is 0 Å². The molecule has 0 saturated heterocycles. The highest BCUT2D eigenvalue weighted by Gasteiger charge is 2.40. The predicted molar refractivity (Wildman–Crippen MR) is 129 cm³/mol. The van der Waals surface area contributed by atoms with Crippen molar-refractivity contribution in [3.8, 4) is 11.5 Å². The number of anilines is 1. The summed E-state index contributed by atoms with van der Waals surface area (Å²) in [5, 5.41) is 0. The first-order valence-electron chi connectivity index (χ1n) is 11.6. The van der Waals surface area contributed by atoms with Crippen LogP contribution in [-0.2, 0) is 16.0 Å². The van der Waals surface area contributed by atoms with E-state index in [4.69, 9.17) is 18.9 Å². The maximum Gasteiger partial charge on any atom is 0.414 e. The molecule has 0 fully saturated rings. The molecule has 2 atom stereocenters. The van der Waals surface area contributed by atoms with Gasteiger partial charge in [0.25, 0.3) is 0 Å². The molecule has 184 valence electrons. The molecule has 2 amide bonds. The Labute approximate surface area is 201 Å². The van der Waals surface area contributed by atoms with Gasteiger partial charge in [-0.25, -0.2) is 9.59 Å². The van der Waals surface area contributed by atoms with Crippen molar-refractivity contribution in [2.45, 2.75) is 52.2 Å². The molecule has 1 heterocycles. The lowest BCUT2D eigenvalue weighted by atomic mass is 9.90. The maximum atomic E-state index is 13.1. The molecular weight excluding hydrogens is 436 g/mol. The van der Waals surface area contributed by atoms with Gasteiger partial charge in [0.1, 0.15) is 0 Å². The van der Waals surface area contributed by atoms with Crippen LogP contribution in [0.4, 0.5) is 15.3 Å². The van der Waals surface area contributed by atoms with Crippen LogP contribution in [0.25, 0.3) is 0 Å². The molecule has 2 aromatic carbocycles. The van der Waals surface area contributed by atoms with Gasteiger partial charge < -0.3 is 18.9 Å². The fourth-order valence-electron chi connectivity index (χ4n) is 4.27. The van der Waals surface area contributed by atoms with Gasteiger partial charge in [-0.2, -0.15) is 0 Å². The van der Waals surface area contributed by atoms with Crippen molar-refractivity contribution >= 4 is 17.9 Å². The number of carbonyl (C=O) groups excluding carboxylic acids is 2. The topological polar surface area (TPSA) is 77.5 Å². The minimum absolute atomic E-state index is 0.229. The Morgan fingerprint density at radius 3 is 2.32 bits per heavy atom. The molecule has 2 aromatic rings. The van der Waals surface area contributed by atoms with E-state index in [0.29, 0.717) is 36.8 Å². The van der Waals surface area contributed by atoms with Crippen molar-refractivity contribution in [1.29, 1.82) is 0 Å². The zero-order valence-corrected chi connectivity index (χ0v) is 20.6. The first kappa shape index (κ1) is 25.2. The van der Waals surface area contributed by atoms with Gasteiger partial charge in [0.15, 0.2) is 11.5 Å². The van der Waals surface area contributed by atoms with Gasteiger partial charge in [-0.3, -0.25) is 9.80 Å². The minimum atomic E-state index is -0.424. The zero-order chi connectivity index (χ0) is 24.7. The third kappa shape index (κ3) is 5.38. The van der Waals surface area contributed by atoms with E-state index in [2.05, 4.69) is 0 Å². The second kappa shape index (κ2) is 11.6. The molecule has 8 nitrogen and oxygen atoms in total. The van der Waals surface area contributed by atoms with Crippen molar-refractivity contribution in [2.24, 2.45) is 0 Å². The number of fused-ring (bicyclic) bond motifs is 1. The lowest BCUT2D eigenvalue weighted by Crippen LogP contribution is -2.47. The van der Waals surface area contributed by atoms with Crippen LogP contribution < -0.4 is 14.4 Å². The maximum absolute atomic E-state index is 13.1. The molecule has 0 aromatic heterocycles. The third-order valence-electron chi connectivity index (χ3n) is 5.86. The summed E-state index contributed by atoms with van der Waals surface area (Å²) in [6.07, 6.45) is 0.400. The summed E-state index contributed by atoms with van der Waals surface area (Å²) < 4.78 is 22.0. The van der Waals surface area contributed by atoms with E-state index in [-0.39, 0.29) is 18.7 Å². The van der Waals surface area contributed by atoms with E-state index < -0.39 is 12.2 Å². The number of amides is 2. The predicted octanol–water partition coefficient (Wildman–Crippen LogP) is 5.55. The highest BCUT2D eigenvalue weighted by molar-refractivity contribution is 5.91. The molecule has 0 saturated carbocycles. The fourth-order valence-corrected chi connectivity index (χ4v) is 4.27. The number of hydrogen-bond acceptors (Lipinski definition) is 6. The Morgan fingerprint density at radius 1 is 1.03 bits per heavy atom. The second-order valence-electron chi connectivity index (χ2n) is 8.16. The van der Waals surface area contributed by atoms with Crippen molar-refractivity contribution in [1.82, 2.24) is 4.90 Å². The molecule has 0 N–H and O–H groups in total. The van der Waals surface area contributed by atoms with Gasteiger partial charge in [-0.1, -0.05) is 37.3 Å². The van der Waals surface area contributed by atoms with Crippen LogP contribution >= 0.6 is 0 Å². The molecule has 1 aliphatic rings. The van der Waals surface area contributed by atoms with Gasteiger partial charge >= 0.3 is 12.2 Å².